The number of nitrogens with two attached hydrogens (primary N) is 1. The highest BCUT2D eigenvalue weighted by molar-refractivity contribution is 7.18. The second kappa shape index (κ2) is 6.40. The first-order chi connectivity index (χ1) is 12.2. The summed E-state index contributed by atoms with van der Waals surface area (Å²) in [5.41, 5.74) is 10.8. The molecule has 2 aromatic carbocycles. The number of nitrogens with zero attached hydrogens (tertiary/aromatic N) is 2. The van der Waals surface area contributed by atoms with Gasteiger partial charge in [0.1, 0.15) is 16.9 Å². The molecule has 3 aromatic rings. The number of fused-ring (bicyclic) bond motifs is 1. The second-order valence-corrected chi connectivity index (χ2v) is 7.24. The largest absolute Gasteiger partial charge is 0.324 e. The van der Waals surface area contributed by atoms with Gasteiger partial charge in [-0.3, -0.25) is 0 Å². The average molecular weight is 349 g/mol. The van der Waals surface area contributed by atoms with Gasteiger partial charge < -0.3 is 5.73 Å². The summed E-state index contributed by atoms with van der Waals surface area (Å²) in [6.45, 7) is 0. The predicted molar refractivity (Wildman–Crippen MR) is 97.5 cm³/mol. The van der Waals surface area contributed by atoms with Crippen molar-refractivity contribution in [2.45, 2.75) is 25.3 Å². The Morgan fingerprint density at radius 2 is 2.16 bits per heavy atom. The van der Waals surface area contributed by atoms with Crippen molar-refractivity contribution in [1.82, 2.24) is 4.98 Å². The van der Waals surface area contributed by atoms with E-state index in [1.165, 1.54) is 22.8 Å². The molecule has 0 unspecified atom stereocenters. The van der Waals surface area contributed by atoms with E-state index in [4.69, 9.17) is 11.0 Å². The highest BCUT2D eigenvalue weighted by Crippen LogP contribution is 2.39. The fourth-order valence-electron chi connectivity index (χ4n) is 3.39. The van der Waals surface area contributed by atoms with Crippen LogP contribution < -0.4 is 5.73 Å². The van der Waals surface area contributed by atoms with Gasteiger partial charge in [-0.05, 0) is 54.2 Å². The van der Waals surface area contributed by atoms with Crippen LogP contribution in [0.25, 0.3) is 21.0 Å². The van der Waals surface area contributed by atoms with Crippen LogP contribution in [0.2, 0.25) is 0 Å². The molecule has 1 aliphatic rings. The van der Waals surface area contributed by atoms with Crippen LogP contribution in [0, 0.1) is 17.1 Å². The molecule has 4 rings (SSSR count). The van der Waals surface area contributed by atoms with Crippen molar-refractivity contribution in [3.8, 4) is 27.1 Å². The summed E-state index contributed by atoms with van der Waals surface area (Å²) in [7, 11) is 0. The van der Waals surface area contributed by atoms with E-state index in [9.17, 15) is 4.39 Å². The van der Waals surface area contributed by atoms with E-state index in [1.807, 2.05) is 18.3 Å². The first-order valence-corrected chi connectivity index (χ1v) is 9.02. The fourth-order valence-corrected chi connectivity index (χ4v) is 4.36. The maximum Gasteiger partial charge on any atom is 0.140 e. The lowest BCUT2D eigenvalue weighted by Crippen LogP contribution is -2.17. The summed E-state index contributed by atoms with van der Waals surface area (Å²) in [4.78, 5) is 5.56. The third-order valence-electron chi connectivity index (χ3n) is 4.66. The Balaban J connectivity index is 1.76. The molecule has 5 heteroatoms. The Morgan fingerprint density at radius 3 is 3.00 bits per heavy atom. The summed E-state index contributed by atoms with van der Waals surface area (Å²) in [5, 5.41) is 9.79. The van der Waals surface area contributed by atoms with E-state index in [0.717, 1.165) is 34.7 Å². The Morgan fingerprint density at radius 1 is 1.28 bits per heavy atom. The smallest absolute Gasteiger partial charge is 0.140 e. The Bertz CT molecular complexity index is 987. The maximum atomic E-state index is 13.5. The minimum atomic E-state index is -0.505. The van der Waals surface area contributed by atoms with Crippen molar-refractivity contribution >= 4 is 11.3 Å². The van der Waals surface area contributed by atoms with E-state index in [1.54, 1.807) is 23.5 Å². The van der Waals surface area contributed by atoms with Gasteiger partial charge in [0.15, 0.2) is 0 Å². The van der Waals surface area contributed by atoms with Crippen LogP contribution in [0.3, 0.4) is 0 Å². The number of aromatic nitrogens is 1. The number of hydrogen-bond donors (Lipinski definition) is 1. The third-order valence-corrected chi connectivity index (χ3v) is 5.74. The minimum Gasteiger partial charge on any atom is -0.324 e. The van der Waals surface area contributed by atoms with Gasteiger partial charge in [-0.1, -0.05) is 18.2 Å². The van der Waals surface area contributed by atoms with E-state index in [-0.39, 0.29) is 11.6 Å². The molecule has 1 heterocycles. The number of benzene rings is 2. The van der Waals surface area contributed by atoms with Crippen molar-refractivity contribution in [2.24, 2.45) is 5.73 Å². The first-order valence-electron chi connectivity index (χ1n) is 8.21. The summed E-state index contributed by atoms with van der Waals surface area (Å²) >= 11 is 1.55. The minimum absolute atomic E-state index is 0.0392. The van der Waals surface area contributed by atoms with Crippen LogP contribution in [0.15, 0.2) is 42.6 Å². The summed E-state index contributed by atoms with van der Waals surface area (Å²) in [6, 6.07) is 12.8. The number of nitriles is 1. The number of rotatable bonds is 2. The van der Waals surface area contributed by atoms with E-state index >= 15 is 0 Å². The molecule has 1 atom stereocenters. The molecule has 124 valence electrons. The molecule has 0 bridgehead atoms. The molecule has 1 aromatic heterocycles. The molecule has 0 saturated carbocycles. The molecule has 3 nitrogen and oxygen atoms in total. The zero-order chi connectivity index (χ0) is 17.4. The van der Waals surface area contributed by atoms with Crippen LogP contribution >= 0.6 is 11.3 Å². The Hall–Kier alpha value is -2.55. The first kappa shape index (κ1) is 15.9. The van der Waals surface area contributed by atoms with Gasteiger partial charge in [-0.25, -0.2) is 9.37 Å². The third kappa shape index (κ3) is 2.84. The van der Waals surface area contributed by atoms with Crippen LogP contribution in [0.5, 0.6) is 0 Å². The van der Waals surface area contributed by atoms with Gasteiger partial charge in [-0.2, -0.15) is 5.26 Å². The quantitative estimate of drug-likeness (QED) is 0.721. The molecule has 0 fully saturated rings. The summed E-state index contributed by atoms with van der Waals surface area (Å²) in [5.74, 6) is -0.505. The lowest BCUT2D eigenvalue weighted by atomic mass is 9.85. The van der Waals surface area contributed by atoms with Crippen molar-refractivity contribution in [1.29, 1.82) is 5.26 Å². The zero-order valence-electron chi connectivity index (χ0n) is 13.5. The molecule has 2 N–H and O–H groups in total. The Kier molecular flexibility index (Phi) is 4.08. The maximum absolute atomic E-state index is 13.5. The Labute approximate surface area is 149 Å². The number of halogens is 1. The topological polar surface area (TPSA) is 62.7 Å². The molecular formula is C20H16FN3S. The van der Waals surface area contributed by atoms with Crippen molar-refractivity contribution < 1.29 is 4.39 Å². The van der Waals surface area contributed by atoms with Gasteiger partial charge in [0, 0.05) is 17.8 Å². The SMILES string of the molecule is N#Cc1cc(-c2ncc(-c3cccc4c3CCC[C@H]4N)s2)ccc1F. The summed E-state index contributed by atoms with van der Waals surface area (Å²) in [6.07, 6.45) is 5.00. The average Bonchev–Trinajstić information content (AvgIpc) is 3.12. The molecule has 25 heavy (non-hydrogen) atoms. The van der Waals surface area contributed by atoms with Crippen LogP contribution in [-0.2, 0) is 6.42 Å². The summed E-state index contributed by atoms with van der Waals surface area (Å²) < 4.78 is 13.5. The van der Waals surface area contributed by atoms with Gasteiger partial charge in [0.25, 0.3) is 0 Å². The molecular weight excluding hydrogens is 333 g/mol. The van der Waals surface area contributed by atoms with Crippen LogP contribution in [0.4, 0.5) is 4.39 Å². The van der Waals surface area contributed by atoms with E-state index in [2.05, 4.69) is 17.1 Å². The molecule has 0 spiro atoms. The van der Waals surface area contributed by atoms with Crippen molar-refractivity contribution in [2.75, 3.05) is 0 Å². The lowest BCUT2D eigenvalue weighted by Gasteiger charge is -2.24. The second-order valence-electron chi connectivity index (χ2n) is 6.21. The number of thiazole rings is 1. The molecule has 1 aliphatic carbocycles. The van der Waals surface area contributed by atoms with Crippen molar-refractivity contribution in [3.05, 3.63) is 65.1 Å². The lowest BCUT2D eigenvalue weighted by molar-refractivity contribution is 0.571. The molecule has 0 saturated heterocycles. The van der Waals surface area contributed by atoms with Gasteiger partial charge in [0.2, 0.25) is 0 Å². The van der Waals surface area contributed by atoms with Crippen LogP contribution in [-0.4, -0.2) is 4.98 Å². The molecule has 0 radical (unpaired) electrons. The molecule has 0 aliphatic heterocycles. The highest BCUT2D eigenvalue weighted by atomic mass is 32.1. The van der Waals surface area contributed by atoms with Gasteiger partial charge in [0.05, 0.1) is 10.4 Å². The van der Waals surface area contributed by atoms with E-state index < -0.39 is 5.82 Å². The fraction of sp³-hybridized carbons (Fsp3) is 0.200. The molecule has 0 amide bonds. The standard InChI is InChI=1S/C20H16FN3S/c21-17-8-7-12(9-13(17)10-22)20-24-11-19(25-20)16-5-1-4-15-14(16)3-2-6-18(15)23/h1,4-5,7-9,11,18H,2-3,6,23H2/t18-/m1/s1. The van der Waals surface area contributed by atoms with E-state index in [0.29, 0.717) is 0 Å². The monoisotopic (exact) mass is 349 g/mol. The van der Waals surface area contributed by atoms with Gasteiger partial charge in [-0.15, -0.1) is 11.3 Å². The van der Waals surface area contributed by atoms with Crippen molar-refractivity contribution in [3.63, 3.8) is 0 Å². The van der Waals surface area contributed by atoms with Gasteiger partial charge >= 0.3 is 0 Å². The zero-order valence-corrected chi connectivity index (χ0v) is 14.3. The number of hydrogen-bond acceptors (Lipinski definition) is 4. The normalized spacial score (nSPS) is 16.3. The predicted octanol–water partition coefficient (Wildman–Crippen LogP) is 4.82. The van der Waals surface area contributed by atoms with Crippen LogP contribution in [0.1, 0.15) is 35.6 Å². The highest BCUT2D eigenvalue weighted by Gasteiger charge is 2.20.